The van der Waals surface area contributed by atoms with Gasteiger partial charge in [0.2, 0.25) is 5.91 Å². The summed E-state index contributed by atoms with van der Waals surface area (Å²) in [6.45, 7) is 9.48. The first-order valence-electron chi connectivity index (χ1n) is 8.31. The molecule has 0 aromatic heterocycles. The molecule has 1 rings (SSSR count). The quantitative estimate of drug-likeness (QED) is 0.752. The van der Waals surface area contributed by atoms with Gasteiger partial charge >= 0.3 is 0 Å². The topological polar surface area (TPSA) is 75.4 Å². The molecule has 0 aliphatic carbocycles. The molecule has 136 valence electrons. The number of carbonyl (C=O) groups excluding carboxylic acids is 2. The van der Waals surface area contributed by atoms with Crippen molar-refractivity contribution in [3.63, 3.8) is 0 Å². The largest absolute Gasteiger partial charge is 0.350 e. The highest BCUT2D eigenvalue weighted by molar-refractivity contribution is 5.94. The van der Waals surface area contributed by atoms with Gasteiger partial charge in [0.05, 0.1) is 5.54 Å². The predicted octanol–water partition coefficient (Wildman–Crippen LogP) is 2.72. The van der Waals surface area contributed by atoms with Crippen molar-refractivity contribution in [3.05, 3.63) is 35.4 Å². The van der Waals surface area contributed by atoms with E-state index in [1.165, 1.54) is 0 Å². The third kappa shape index (κ3) is 6.13. The molecule has 1 atom stereocenters. The minimum absolute atomic E-state index is 0. The van der Waals surface area contributed by atoms with Crippen LogP contribution in [0, 0.1) is 0 Å². The van der Waals surface area contributed by atoms with Gasteiger partial charge < -0.3 is 16.0 Å². The summed E-state index contributed by atoms with van der Waals surface area (Å²) in [5, 5.41) is 2.86. The Bertz CT molecular complexity index is 526. The molecule has 3 N–H and O–H groups in total. The second kappa shape index (κ2) is 10.3. The summed E-state index contributed by atoms with van der Waals surface area (Å²) in [6, 6.07) is 7.33. The number of nitrogens with one attached hydrogen (secondary N) is 1. The van der Waals surface area contributed by atoms with Crippen molar-refractivity contribution in [3.8, 4) is 0 Å². The molecule has 0 saturated carbocycles. The number of rotatable bonds is 8. The van der Waals surface area contributed by atoms with Crippen molar-refractivity contribution >= 4 is 24.2 Å². The van der Waals surface area contributed by atoms with Gasteiger partial charge in [-0.2, -0.15) is 0 Å². The fourth-order valence-corrected chi connectivity index (χ4v) is 2.48. The highest BCUT2D eigenvalue weighted by Crippen LogP contribution is 2.10. The lowest BCUT2D eigenvalue weighted by Crippen LogP contribution is -2.51. The van der Waals surface area contributed by atoms with E-state index in [0.29, 0.717) is 31.6 Å². The summed E-state index contributed by atoms with van der Waals surface area (Å²) in [4.78, 5) is 26.1. The zero-order valence-electron chi connectivity index (χ0n) is 15.1. The molecular weight excluding hydrogens is 326 g/mol. The first-order chi connectivity index (χ1) is 10.9. The van der Waals surface area contributed by atoms with Crippen LogP contribution in [0.2, 0.25) is 0 Å². The van der Waals surface area contributed by atoms with Crippen LogP contribution in [0.4, 0.5) is 0 Å². The van der Waals surface area contributed by atoms with E-state index in [-0.39, 0.29) is 24.2 Å². The Hall–Kier alpha value is -1.59. The normalized spacial score (nSPS) is 12.7. The molecule has 0 radical (unpaired) electrons. The van der Waals surface area contributed by atoms with Gasteiger partial charge in [0.15, 0.2) is 0 Å². The first-order valence-corrected chi connectivity index (χ1v) is 8.31. The molecule has 0 spiro atoms. The Morgan fingerprint density at radius 3 is 2.12 bits per heavy atom. The van der Waals surface area contributed by atoms with Crippen LogP contribution in [0.15, 0.2) is 24.3 Å². The second-order valence-electron chi connectivity index (χ2n) is 6.02. The van der Waals surface area contributed by atoms with Crippen LogP contribution in [-0.2, 0) is 11.3 Å². The zero-order chi connectivity index (χ0) is 17.5. The molecule has 0 aliphatic rings. The van der Waals surface area contributed by atoms with Crippen LogP contribution < -0.4 is 11.1 Å². The maximum absolute atomic E-state index is 12.2. The molecule has 5 nitrogen and oxygen atoms in total. The number of nitrogens with two attached hydrogens (primary N) is 1. The van der Waals surface area contributed by atoms with Gasteiger partial charge in [-0.05, 0) is 44.9 Å². The van der Waals surface area contributed by atoms with Gasteiger partial charge in [0.1, 0.15) is 0 Å². The first kappa shape index (κ1) is 22.4. The van der Waals surface area contributed by atoms with Gasteiger partial charge in [0, 0.05) is 25.2 Å². The molecule has 1 aromatic rings. The molecule has 1 unspecified atom stereocenters. The average molecular weight is 356 g/mol. The fourth-order valence-electron chi connectivity index (χ4n) is 2.48. The third-order valence-electron chi connectivity index (χ3n) is 3.99. The number of hydrogen-bond acceptors (Lipinski definition) is 3. The summed E-state index contributed by atoms with van der Waals surface area (Å²) in [6.07, 6.45) is 1.51. The van der Waals surface area contributed by atoms with Crippen molar-refractivity contribution in [2.75, 3.05) is 13.1 Å². The average Bonchev–Trinajstić information content (AvgIpc) is 2.54. The Morgan fingerprint density at radius 1 is 1.12 bits per heavy atom. The lowest BCUT2D eigenvalue weighted by molar-refractivity contribution is -0.126. The summed E-state index contributed by atoms with van der Waals surface area (Å²) in [5.41, 5.74) is 6.77. The summed E-state index contributed by atoms with van der Waals surface area (Å²) >= 11 is 0. The van der Waals surface area contributed by atoms with Crippen molar-refractivity contribution in [2.24, 2.45) is 5.73 Å². The van der Waals surface area contributed by atoms with Crippen molar-refractivity contribution in [1.82, 2.24) is 10.2 Å². The molecule has 2 amide bonds. The molecule has 24 heavy (non-hydrogen) atoms. The highest BCUT2D eigenvalue weighted by atomic mass is 35.5. The molecule has 6 heteroatoms. The fraction of sp³-hybridized carbons (Fsp3) is 0.556. The van der Waals surface area contributed by atoms with Crippen LogP contribution >= 0.6 is 12.4 Å². The summed E-state index contributed by atoms with van der Waals surface area (Å²) < 4.78 is 0. The molecule has 0 aliphatic heterocycles. The maximum atomic E-state index is 12.2. The van der Waals surface area contributed by atoms with Crippen molar-refractivity contribution in [2.45, 2.75) is 52.6 Å². The van der Waals surface area contributed by atoms with E-state index in [4.69, 9.17) is 5.73 Å². The van der Waals surface area contributed by atoms with E-state index in [2.05, 4.69) is 5.32 Å². The Labute approximate surface area is 151 Å². The number of halogens is 1. The van der Waals surface area contributed by atoms with E-state index < -0.39 is 5.54 Å². The number of benzene rings is 1. The highest BCUT2D eigenvalue weighted by Gasteiger charge is 2.26. The minimum Gasteiger partial charge on any atom is -0.350 e. The Morgan fingerprint density at radius 2 is 1.67 bits per heavy atom. The van der Waals surface area contributed by atoms with E-state index in [0.717, 1.165) is 12.0 Å². The molecule has 0 fully saturated rings. The third-order valence-corrected chi connectivity index (χ3v) is 3.99. The molecule has 0 saturated heterocycles. The lowest BCUT2D eigenvalue weighted by atomic mass is 9.96. The van der Waals surface area contributed by atoms with E-state index >= 15 is 0 Å². The van der Waals surface area contributed by atoms with Crippen LogP contribution in [0.3, 0.4) is 0 Å². The van der Waals surface area contributed by atoms with Crippen molar-refractivity contribution < 1.29 is 9.59 Å². The minimum atomic E-state index is -0.840. The molecule has 0 bridgehead atoms. The van der Waals surface area contributed by atoms with E-state index in [9.17, 15) is 9.59 Å². The van der Waals surface area contributed by atoms with Crippen LogP contribution in [-0.4, -0.2) is 35.3 Å². The standard InChI is InChI=1S/C18H29N3O2.ClH/c1-5-12-18(4,19)17(23)20-13-14-8-10-15(11-9-14)16(22)21(6-2)7-3;/h8-11H,5-7,12-13,19H2,1-4H3,(H,20,23);1H. The predicted molar refractivity (Wildman–Crippen MR) is 100 cm³/mol. The number of nitrogens with zero attached hydrogens (tertiary/aromatic N) is 1. The Balaban J connectivity index is 0.00000529. The van der Waals surface area contributed by atoms with Crippen LogP contribution in [0.1, 0.15) is 56.5 Å². The monoisotopic (exact) mass is 355 g/mol. The van der Waals surface area contributed by atoms with Crippen molar-refractivity contribution in [1.29, 1.82) is 0 Å². The maximum Gasteiger partial charge on any atom is 0.253 e. The SMILES string of the molecule is CCCC(C)(N)C(=O)NCc1ccc(C(=O)N(CC)CC)cc1.Cl. The van der Waals surface area contributed by atoms with E-state index in [1.807, 2.05) is 32.9 Å². The number of amides is 2. The van der Waals surface area contributed by atoms with Crippen LogP contribution in [0.5, 0.6) is 0 Å². The molecule has 1 aromatic carbocycles. The van der Waals surface area contributed by atoms with Gasteiger partial charge in [-0.1, -0.05) is 25.5 Å². The smallest absolute Gasteiger partial charge is 0.253 e. The van der Waals surface area contributed by atoms with Gasteiger partial charge in [-0.15, -0.1) is 12.4 Å². The number of hydrogen-bond donors (Lipinski definition) is 2. The molecule has 0 heterocycles. The zero-order valence-corrected chi connectivity index (χ0v) is 15.9. The van der Waals surface area contributed by atoms with Crippen LogP contribution in [0.25, 0.3) is 0 Å². The van der Waals surface area contributed by atoms with Gasteiger partial charge in [-0.3, -0.25) is 9.59 Å². The van der Waals surface area contributed by atoms with Gasteiger partial charge in [-0.25, -0.2) is 0 Å². The summed E-state index contributed by atoms with van der Waals surface area (Å²) in [5.74, 6) is -0.120. The Kier molecular flexibility index (Phi) is 9.63. The second-order valence-corrected chi connectivity index (χ2v) is 6.02. The van der Waals surface area contributed by atoms with Gasteiger partial charge in [0.25, 0.3) is 5.91 Å². The molecular formula is C18H30ClN3O2. The summed E-state index contributed by atoms with van der Waals surface area (Å²) in [7, 11) is 0. The number of carbonyl (C=O) groups is 2. The van der Waals surface area contributed by atoms with E-state index in [1.54, 1.807) is 24.0 Å². The lowest BCUT2D eigenvalue weighted by Gasteiger charge is -2.23.